The maximum atomic E-state index is 14.8. The van der Waals surface area contributed by atoms with Crippen molar-refractivity contribution in [3.05, 3.63) is 93.1 Å². The molecule has 0 aliphatic heterocycles. The molecule has 47 heavy (non-hydrogen) atoms. The van der Waals surface area contributed by atoms with E-state index in [1.54, 1.807) is 0 Å². The van der Waals surface area contributed by atoms with E-state index in [0.717, 1.165) is 0 Å². The Hall–Kier alpha value is -5.12. The maximum absolute atomic E-state index is 14.8. The first-order valence-electron chi connectivity index (χ1n) is 11.1. The number of nitrogens with zero attached hydrogens (tertiary/aromatic N) is 2. The fourth-order valence-corrected chi connectivity index (χ4v) is 3.97. The molecule has 252 valence electrons. The van der Waals surface area contributed by atoms with Crippen LogP contribution in [0.3, 0.4) is 0 Å². The predicted octanol–water partition coefficient (Wildman–Crippen LogP) is 10.2. The molecule has 0 spiro atoms. The van der Waals surface area contributed by atoms with Crippen LogP contribution in [0.2, 0.25) is 0 Å². The summed E-state index contributed by atoms with van der Waals surface area (Å²) in [6.07, 6.45) is 0. The fourth-order valence-electron chi connectivity index (χ4n) is 3.97. The van der Waals surface area contributed by atoms with Crippen molar-refractivity contribution in [1.82, 2.24) is 0 Å². The lowest BCUT2D eigenvalue weighted by Crippen LogP contribution is -2.14. The molecule has 0 N–H and O–H groups in total. The van der Waals surface area contributed by atoms with Crippen LogP contribution in [0.4, 0.5) is 99.5 Å². The molecule has 4 aromatic rings. The van der Waals surface area contributed by atoms with E-state index in [2.05, 4.69) is 4.74 Å². The van der Waals surface area contributed by atoms with E-state index in [0.29, 0.717) is 0 Å². The van der Waals surface area contributed by atoms with Crippen molar-refractivity contribution in [2.75, 3.05) is 10.7 Å². The molecule has 0 atom stereocenters. The molecule has 0 saturated heterocycles. The van der Waals surface area contributed by atoms with Crippen molar-refractivity contribution in [1.29, 1.82) is 0 Å². The number of anilines is 2. The average molecular weight is 712 g/mol. The van der Waals surface area contributed by atoms with Crippen LogP contribution in [0, 0.1) is 93.1 Å². The van der Waals surface area contributed by atoms with E-state index in [1.807, 2.05) is 0 Å². The van der Waals surface area contributed by atoms with E-state index in [9.17, 15) is 88.2 Å². The van der Waals surface area contributed by atoms with Crippen LogP contribution in [0.25, 0.3) is 22.3 Å². The lowest BCUT2D eigenvalue weighted by Gasteiger charge is -2.22. The first-order chi connectivity index (χ1) is 21.7. The summed E-state index contributed by atoms with van der Waals surface area (Å²) in [5, 5.41) is -5.58. The van der Waals surface area contributed by atoms with Crippen molar-refractivity contribution < 1.29 is 92.9 Å². The molecule has 0 unspecified atom stereocenters. The summed E-state index contributed by atoms with van der Waals surface area (Å²) >= 11 is 0. The summed E-state index contributed by atoms with van der Waals surface area (Å²) in [6, 6.07) is 0. The van der Waals surface area contributed by atoms with Gasteiger partial charge in [0.05, 0.1) is 22.3 Å². The molecule has 0 saturated carbocycles. The SMILES string of the molecule is Fc1c(F)c(F)c(-c2c(F)c(F)c(F)c(Oc3c(F)c(F)c(F)c(-c4c(F)c(F)c(F)c(F)c4F)c3N(F)F)c2N(F)F)c(F)c1F. The van der Waals surface area contributed by atoms with Gasteiger partial charge < -0.3 is 4.74 Å². The van der Waals surface area contributed by atoms with Gasteiger partial charge in [0.25, 0.3) is 0 Å². The third-order valence-electron chi connectivity index (χ3n) is 5.97. The van der Waals surface area contributed by atoms with Gasteiger partial charge in [0, 0.05) is 0 Å². The Bertz CT molecular complexity index is 1800. The molecule has 23 heteroatoms. The second kappa shape index (κ2) is 11.9. The minimum absolute atomic E-state index is 2.79. The zero-order chi connectivity index (χ0) is 35.7. The third-order valence-corrected chi connectivity index (χ3v) is 5.97. The number of ether oxygens (including phenoxy) is 1. The Kier molecular flexibility index (Phi) is 8.81. The van der Waals surface area contributed by atoms with Gasteiger partial charge in [-0.3, -0.25) is 0 Å². The molecule has 0 fully saturated rings. The lowest BCUT2D eigenvalue weighted by atomic mass is 9.98. The number of rotatable bonds is 6. The molecule has 0 aliphatic rings. The summed E-state index contributed by atoms with van der Waals surface area (Å²) in [6.45, 7) is 0. The van der Waals surface area contributed by atoms with Crippen molar-refractivity contribution in [2.24, 2.45) is 0 Å². The monoisotopic (exact) mass is 712 g/mol. The van der Waals surface area contributed by atoms with Crippen LogP contribution in [-0.4, -0.2) is 0 Å². The van der Waals surface area contributed by atoms with E-state index in [-0.39, 0.29) is 0 Å². The molecule has 0 aromatic heterocycles. The van der Waals surface area contributed by atoms with Gasteiger partial charge in [0.15, 0.2) is 92.7 Å². The molecule has 0 amide bonds. The standard InChI is InChI=1S/C24F20N2O/c25-5-1(6(26)12(32)17(37)11(5)31)3-9(29)15(35)19(39)23(21(3)45(41)42)47-24-20(40)16(36)10(30)4(22(24)46(43)44)2-7(27)13(33)18(38)14(34)8(2)28. The molecule has 0 radical (unpaired) electrons. The highest BCUT2D eigenvalue weighted by molar-refractivity contribution is 5.86. The predicted molar refractivity (Wildman–Crippen MR) is 113 cm³/mol. The molecule has 0 aliphatic carbocycles. The molecule has 4 aromatic carbocycles. The minimum Gasteiger partial charge on any atom is -0.446 e. The van der Waals surface area contributed by atoms with Crippen molar-refractivity contribution in [2.45, 2.75) is 0 Å². The Balaban J connectivity index is 2.22. The molecular weight excluding hydrogens is 712 g/mol. The maximum Gasteiger partial charge on any atom is 0.206 e. The van der Waals surface area contributed by atoms with Crippen LogP contribution >= 0.6 is 0 Å². The van der Waals surface area contributed by atoms with Gasteiger partial charge in [-0.15, -0.1) is 0 Å². The van der Waals surface area contributed by atoms with Crippen LogP contribution in [0.5, 0.6) is 11.5 Å². The highest BCUT2D eigenvalue weighted by atomic mass is 19.4. The Morgan fingerprint density at radius 2 is 0.447 bits per heavy atom. The van der Waals surface area contributed by atoms with Gasteiger partial charge in [0.1, 0.15) is 0 Å². The van der Waals surface area contributed by atoms with Crippen molar-refractivity contribution in [3.63, 3.8) is 0 Å². The van der Waals surface area contributed by atoms with Crippen molar-refractivity contribution in [3.8, 4) is 33.8 Å². The lowest BCUT2D eigenvalue weighted by molar-refractivity contribution is 0.224. The summed E-state index contributed by atoms with van der Waals surface area (Å²) in [5.74, 6) is -56.9. The normalized spacial score (nSPS) is 11.4. The summed E-state index contributed by atoms with van der Waals surface area (Å²) in [5.41, 5.74) is -17.6. The molecular formula is C24F20N2O. The first-order valence-corrected chi connectivity index (χ1v) is 11.1. The highest BCUT2D eigenvalue weighted by Crippen LogP contribution is 2.52. The van der Waals surface area contributed by atoms with Crippen molar-refractivity contribution >= 4 is 11.4 Å². The van der Waals surface area contributed by atoms with Gasteiger partial charge in [-0.05, 0) is 10.7 Å². The summed E-state index contributed by atoms with van der Waals surface area (Å²) in [4.78, 5) is 0. The average Bonchev–Trinajstić information content (AvgIpc) is 3.02. The van der Waals surface area contributed by atoms with Crippen LogP contribution in [0.1, 0.15) is 0 Å². The van der Waals surface area contributed by atoms with Gasteiger partial charge in [-0.2, -0.15) is 8.78 Å². The Morgan fingerprint density at radius 1 is 0.255 bits per heavy atom. The van der Waals surface area contributed by atoms with Gasteiger partial charge in [-0.25, -0.2) is 61.5 Å². The van der Waals surface area contributed by atoms with Crippen LogP contribution < -0.4 is 15.4 Å². The third kappa shape index (κ3) is 5.03. The quantitative estimate of drug-likeness (QED) is 0.0857. The Labute approximate surface area is 242 Å². The van der Waals surface area contributed by atoms with E-state index in [4.69, 9.17) is 0 Å². The van der Waals surface area contributed by atoms with E-state index >= 15 is 0 Å². The second-order valence-electron chi connectivity index (χ2n) is 8.45. The zero-order valence-corrected chi connectivity index (χ0v) is 20.9. The molecule has 3 nitrogen and oxygen atoms in total. The van der Waals surface area contributed by atoms with E-state index in [1.165, 1.54) is 0 Å². The van der Waals surface area contributed by atoms with E-state index < -0.39 is 149 Å². The number of hydrogen-bond acceptors (Lipinski definition) is 3. The number of benzene rings is 4. The largest absolute Gasteiger partial charge is 0.446 e. The van der Waals surface area contributed by atoms with Gasteiger partial charge in [-0.1, -0.05) is 17.9 Å². The van der Waals surface area contributed by atoms with Crippen LogP contribution in [-0.2, 0) is 0 Å². The van der Waals surface area contributed by atoms with Gasteiger partial charge >= 0.3 is 0 Å². The smallest absolute Gasteiger partial charge is 0.206 e. The second-order valence-corrected chi connectivity index (χ2v) is 8.45. The number of halogens is 20. The molecule has 4 rings (SSSR count). The molecule has 0 bridgehead atoms. The van der Waals surface area contributed by atoms with Gasteiger partial charge in [0.2, 0.25) is 23.3 Å². The first kappa shape index (κ1) is 34.7. The highest BCUT2D eigenvalue weighted by Gasteiger charge is 2.41. The minimum atomic E-state index is -3.30. The van der Waals surface area contributed by atoms with Crippen LogP contribution in [0.15, 0.2) is 0 Å². The zero-order valence-electron chi connectivity index (χ0n) is 20.9. The number of hydrogen-bond donors (Lipinski definition) is 0. The summed E-state index contributed by atoms with van der Waals surface area (Å²) < 4.78 is 288. The summed E-state index contributed by atoms with van der Waals surface area (Å²) in [7, 11) is 0. The fraction of sp³-hybridized carbons (Fsp3) is 0. The Morgan fingerprint density at radius 3 is 0.681 bits per heavy atom. The topological polar surface area (TPSA) is 15.7 Å². The molecule has 0 heterocycles.